The first-order chi connectivity index (χ1) is 13.7. The molecule has 0 N–H and O–H groups in total. The Bertz CT molecular complexity index is 935. The lowest BCUT2D eigenvalue weighted by atomic mass is 10.2. The van der Waals surface area contributed by atoms with E-state index in [-0.39, 0.29) is 18.6 Å². The summed E-state index contributed by atoms with van der Waals surface area (Å²) in [6.07, 6.45) is 3.03. The van der Waals surface area contributed by atoms with Gasteiger partial charge in [-0.05, 0) is 49.1 Å². The van der Waals surface area contributed by atoms with Crippen molar-refractivity contribution in [2.75, 3.05) is 24.7 Å². The molecule has 1 saturated heterocycles. The van der Waals surface area contributed by atoms with E-state index in [1.54, 1.807) is 16.2 Å². The zero-order valence-electron chi connectivity index (χ0n) is 16.0. The topological polar surface area (TPSA) is 51.7 Å². The molecule has 1 amide bonds. The summed E-state index contributed by atoms with van der Waals surface area (Å²) < 4.78 is 12.6. The van der Waals surface area contributed by atoms with E-state index >= 15 is 0 Å². The molecule has 2 heterocycles. The van der Waals surface area contributed by atoms with E-state index in [0.717, 1.165) is 36.1 Å². The zero-order chi connectivity index (χ0) is 19.3. The number of fused-ring (bicyclic) bond motifs is 1. The van der Waals surface area contributed by atoms with Crippen LogP contribution in [-0.4, -0.2) is 36.8 Å². The van der Waals surface area contributed by atoms with Crippen LogP contribution >= 0.6 is 11.3 Å². The van der Waals surface area contributed by atoms with Gasteiger partial charge in [0.1, 0.15) is 5.75 Å². The third-order valence-electron chi connectivity index (χ3n) is 4.90. The minimum atomic E-state index is -0.103. The summed E-state index contributed by atoms with van der Waals surface area (Å²) in [5, 5.41) is 0.709. The molecule has 6 heteroatoms. The standard InChI is InChI=1S/C22H24N2O3S/c1-2-16-10-11-19-20(13-16)28-22(23-19)24(14-18-9-6-12-26-18)21(25)15-27-17-7-4-3-5-8-17/h3-5,7-8,10-11,13,18H,2,6,9,12,14-15H2,1H3. The average Bonchev–Trinajstić information content (AvgIpc) is 3.39. The van der Waals surface area contributed by atoms with Crippen LogP contribution in [0.5, 0.6) is 5.75 Å². The molecule has 146 valence electrons. The van der Waals surface area contributed by atoms with Gasteiger partial charge in [0.15, 0.2) is 11.7 Å². The first-order valence-electron chi connectivity index (χ1n) is 9.72. The van der Waals surface area contributed by atoms with Crippen LogP contribution in [0, 0.1) is 0 Å². The summed E-state index contributed by atoms with van der Waals surface area (Å²) in [6.45, 7) is 3.38. The Labute approximate surface area is 168 Å². The van der Waals surface area contributed by atoms with Crippen molar-refractivity contribution in [2.45, 2.75) is 32.3 Å². The summed E-state index contributed by atoms with van der Waals surface area (Å²) in [5.74, 6) is 0.582. The number of anilines is 1. The molecular formula is C22H24N2O3S. The predicted molar refractivity (Wildman–Crippen MR) is 112 cm³/mol. The summed E-state index contributed by atoms with van der Waals surface area (Å²) in [7, 11) is 0. The summed E-state index contributed by atoms with van der Waals surface area (Å²) in [4.78, 5) is 19.5. The van der Waals surface area contributed by atoms with Gasteiger partial charge in [0.2, 0.25) is 0 Å². The molecular weight excluding hydrogens is 372 g/mol. The number of nitrogens with zero attached hydrogens (tertiary/aromatic N) is 2. The van der Waals surface area contributed by atoms with Crippen LogP contribution in [0.4, 0.5) is 5.13 Å². The minimum Gasteiger partial charge on any atom is -0.484 e. The molecule has 28 heavy (non-hydrogen) atoms. The summed E-state index contributed by atoms with van der Waals surface area (Å²) in [5.41, 5.74) is 2.19. The van der Waals surface area contributed by atoms with E-state index < -0.39 is 0 Å². The maximum absolute atomic E-state index is 13.0. The molecule has 0 saturated carbocycles. The number of hydrogen-bond donors (Lipinski definition) is 0. The number of benzene rings is 2. The molecule has 2 aromatic carbocycles. The monoisotopic (exact) mass is 396 g/mol. The van der Waals surface area contributed by atoms with Crippen LogP contribution in [0.1, 0.15) is 25.3 Å². The van der Waals surface area contributed by atoms with Crippen LogP contribution in [0.2, 0.25) is 0 Å². The van der Waals surface area contributed by atoms with Crippen LogP contribution in [-0.2, 0) is 16.0 Å². The molecule has 1 unspecified atom stereocenters. The van der Waals surface area contributed by atoms with Gasteiger partial charge in [-0.25, -0.2) is 4.98 Å². The second kappa shape index (κ2) is 8.71. The van der Waals surface area contributed by atoms with Crippen LogP contribution in [0.3, 0.4) is 0 Å². The molecule has 1 aromatic heterocycles. The van der Waals surface area contributed by atoms with Gasteiger partial charge in [-0.15, -0.1) is 0 Å². The highest BCUT2D eigenvalue weighted by atomic mass is 32.1. The molecule has 1 aliphatic rings. The fraction of sp³-hybridized carbons (Fsp3) is 0.364. The average molecular weight is 397 g/mol. The Morgan fingerprint density at radius 3 is 2.89 bits per heavy atom. The van der Waals surface area contributed by atoms with Gasteiger partial charge in [0, 0.05) is 6.61 Å². The van der Waals surface area contributed by atoms with Gasteiger partial charge in [0.05, 0.1) is 22.9 Å². The predicted octanol–water partition coefficient (Wildman–Crippen LogP) is 4.45. The lowest BCUT2D eigenvalue weighted by Gasteiger charge is -2.23. The van der Waals surface area contributed by atoms with E-state index in [1.165, 1.54) is 5.56 Å². The number of aryl methyl sites for hydroxylation is 1. The van der Waals surface area contributed by atoms with Crippen molar-refractivity contribution in [3.8, 4) is 5.75 Å². The molecule has 1 atom stereocenters. The molecule has 1 aliphatic heterocycles. The van der Waals surface area contributed by atoms with Gasteiger partial charge in [-0.2, -0.15) is 0 Å². The number of thiazole rings is 1. The third kappa shape index (κ3) is 4.34. The highest BCUT2D eigenvalue weighted by molar-refractivity contribution is 7.22. The van der Waals surface area contributed by atoms with Gasteiger partial charge < -0.3 is 9.47 Å². The molecule has 0 spiro atoms. The number of ether oxygens (including phenoxy) is 2. The maximum Gasteiger partial charge on any atom is 0.266 e. The van der Waals surface area contributed by atoms with Gasteiger partial charge in [-0.3, -0.25) is 9.69 Å². The third-order valence-corrected chi connectivity index (χ3v) is 5.94. The Morgan fingerprint density at radius 1 is 1.29 bits per heavy atom. The normalized spacial score (nSPS) is 16.4. The van der Waals surface area contributed by atoms with E-state index in [1.807, 2.05) is 36.4 Å². The highest BCUT2D eigenvalue weighted by Crippen LogP contribution is 2.31. The lowest BCUT2D eigenvalue weighted by Crippen LogP contribution is -2.40. The fourth-order valence-corrected chi connectivity index (χ4v) is 4.37. The van der Waals surface area contributed by atoms with Crippen molar-refractivity contribution >= 4 is 32.6 Å². The number of para-hydroxylation sites is 1. The number of carbonyl (C=O) groups excluding carboxylic acids is 1. The summed E-state index contributed by atoms with van der Waals surface area (Å²) >= 11 is 1.55. The van der Waals surface area contributed by atoms with Crippen LogP contribution in [0.25, 0.3) is 10.2 Å². The van der Waals surface area contributed by atoms with E-state index in [4.69, 9.17) is 14.5 Å². The molecule has 0 bridgehead atoms. The summed E-state index contributed by atoms with van der Waals surface area (Å²) in [6, 6.07) is 15.7. The first kappa shape index (κ1) is 18.9. The van der Waals surface area contributed by atoms with E-state index in [2.05, 4.69) is 19.1 Å². The Balaban J connectivity index is 1.56. The smallest absolute Gasteiger partial charge is 0.266 e. The largest absolute Gasteiger partial charge is 0.484 e. The second-order valence-corrected chi connectivity index (χ2v) is 7.90. The second-order valence-electron chi connectivity index (χ2n) is 6.89. The number of amides is 1. The van der Waals surface area contributed by atoms with Crippen molar-refractivity contribution in [1.29, 1.82) is 0 Å². The van der Waals surface area contributed by atoms with Crippen molar-refractivity contribution in [3.63, 3.8) is 0 Å². The van der Waals surface area contributed by atoms with Gasteiger partial charge in [0.25, 0.3) is 5.91 Å². The zero-order valence-corrected chi connectivity index (χ0v) is 16.8. The number of hydrogen-bond acceptors (Lipinski definition) is 5. The minimum absolute atomic E-state index is 0.0210. The Hall–Kier alpha value is -2.44. The van der Waals surface area contributed by atoms with Crippen molar-refractivity contribution in [3.05, 3.63) is 54.1 Å². The van der Waals surface area contributed by atoms with Crippen molar-refractivity contribution < 1.29 is 14.3 Å². The molecule has 1 fully saturated rings. The molecule has 4 rings (SSSR count). The van der Waals surface area contributed by atoms with Gasteiger partial charge in [-0.1, -0.05) is 42.5 Å². The van der Waals surface area contributed by atoms with Gasteiger partial charge >= 0.3 is 0 Å². The molecule has 0 aliphatic carbocycles. The van der Waals surface area contributed by atoms with Crippen LogP contribution < -0.4 is 9.64 Å². The molecule has 0 radical (unpaired) electrons. The Kier molecular flexibility index (Phi) is 5.88. The maximum atomic E-state index is 13.0. The molecule has 5 nitrogen and oxygen atoms in total. The number of aromatic nitrogens is 1. The lowest BCUT2D eigenvalue weighted by molar-refractivity contribution is -0.120. The van der Waals surface area contributed by atoms with Crippen molar-refractivity contribution in [1.82, 2.24) is 4.98 Å². The first-order valence-corrected chi connectivity index (χ1v) is 10.5. The Morgan fingerprint density at radius 2 is 2.14 bits per heavy atom. The van der Waals surface area contributed by atoms with E-state index in [0.29, 0.717) is 17.4 Å². The molecule has 3 aromatic rings. The van der Waals surface area contributed by atoms with Crippen LogP contribution in [0.15, 0.2) is 48.5 Å². The quantitative estimate of drug-likeness (QED) is 0.592. The highest BCUT2D eigenvalue weighted by Gasteiger charge is 2.26. The SMILES string of the molecule is CCc1ccc2nc(N(CC3CCCO3)C(=O)COc3ccccc3)sc2c1. The van der Waals surface area contributed by atoms with Crippen molar-refractivity contribution in [2.24, 2.45) is 0 Å². The van der Waals surface area contributed by atoms with E-state index in [9.17, 15) is 4.79 Å². The fourth-order valence-electron chi connectivity index (χ4n) is 3.31. The number of carbonyl (C=O) groups is 1. The number of rotatable bonds is 7.